The summed E-state index contributed by atoms with van der Waals surface area (Å²) in [6.07, 6.45) is 3.26. The van der Waals surface area contributed by atoms with Gasteiger partial charge in [0.2, 0.25) is 0 Å². The summed E-state index contributed by atoms with van der Waals surface area (Å²) in [7, 11) is 0. The van der Waals surface area contributed by atoms with E-state index in [1.165, 1.54) is 6.07 Å². The second-order valence-electron chi connectivity index (χ2n) is 3.45. The molecule has 0 radical (unpaired) electrons. The van der Waals surface area contributed by atoms with Gasteiger partial charge in [-0.3, -0.25) is 4.98 Å². The lowest BCUT2D eigenvalue weighted by Gasteiger charge is -2.08. The zero-order chi connectivity index (χ0) is 12.3. The molecule has 1 aromatic carbocycles. The molecule has 1 heterocycles. The van der Waals surface area contributed by atoms with Crippen LogP contribution in [0.5, 0.6) is 0 Å². The van der Waals surface area contributed by atoms with Crippen LogP contribution in [0.3, 0.4) is 0 Å². The van der Waals surface area contributed by atoms with Gasteiger partial charge in [0.25, 0.3) is 0 Å². The van der Waals surface area contributed by atoms with Crippen molar-refractivity contribution in [2.75, 3.05) is 5.32 Å². The molecule has 0 aliphatic rings. The van der Waals surface area contributed by atoms with Crippen LogP contribution < -0.4 is 5.32 Å². The molecule has 0 saturated heterocycles. The van der Waals surface area contributed by atoms with E-state index in [-0.39, 0.29) is 5.82 Å². The molecule has 2 rings (SSSR count). The number of hydrogen-bond donors (Lipinski definition) is 1. The Hall–Kier alpha value is -1.13. The predicted molar refractivity (Wildman–Crippen MR) is 70.7 cm³/mol. The largest absolute Gasteiger partial charge is 0.381 e. The van der Waals surface area contributed by atoms with Crippen molar-refractivity contribution in [3.05, 3.63) is 57.5 Å². The van der Waals surface area contributed by atoms with E-state index < -0.39 is 0 Å². The molecule has 2 nitrogen and oxygen atoms in total. The molecule has 0 aliphatic carbocycles. The number of nitrogens with zero attached hydrogens (tertiary/aromatic N) is 1. The van der Waals surface area contributed by atoms with Crippen LogP contribution in [0.1, 0.15) is 5.56 Å². The van der Waals surface area contributed by atoms with Gasteiger partial charge in [-0.05, 0) is 45.8 Å². The summed E-state index contributed by atoms with van der Waals surface area (Å²) in [5, 5.41) is 3.69. The number of anilines is 1. The minimum atomic E-state index is -0.296. The Kier molecular flexibility index (Phi) is 3.97. The molecule has 1 N–H and O–H groups in total. The Bertz CT molecular complexity index is 534. The molecule has 0 aliphatic heterocycles. The highest BCUT2D eigenvalue weighted by molar-refractivity contribution is 9.10. The third-order valence-corrected chi connectivity index (χ3v) is 3.24. The van der Waals surface area contributed by atoms with E-state index in [1.807, 2.05) is 6.07 Å². The Morgan fingerprint density at radius 1 is 1.35 bits per heavy atom. The molecular weight excluding hydrogens is 307 g/mol. The maximum absolute atomic E-state index is 13.3. The molecule has 2 aromatic rings. The van der Waals surface area contributed by atoms with Gasteiger partial charge in [-0.2, -0.15) is 0 Å². The summed E-state index contributed by atoms with van der Waals surface area (Å²) in [6, 6.07) is 6.71. The van der Waals surface area contributed by atoms with Gasteiger partial charge in [0.1, 0.15) is 5.82 Å². The van der Waals surface area contributed by atoms with Crippen molar-refractivity contribution in [1.29, 1.82) is 0 Å². The summed E-state index contributed by atoms with van der Waals surface area (Å²) >= 11 is 9.07. The van der Waals surface area contributed by atoms with E-state index in [0.717, 1.165) is 5.56 Å². The highest BCUT2D eigenvalue weighted by Gasteiger charge is 2.02. The first-order chi connectivity index (χ1) is 8.16. The van der Waals surface area contributed by atoms with Crippen molar-refractivity contribution in [3.8, 4) is 0 Å². The van der Waals surface area contributed by atoms with E-state index in [4.69, 9.17) is 11.6 Å². The second-order valence-corrected chi connectivity index (χ2v) is 4.71. The lowest BCUT2D eigenvalue weighted by atomic mass is 10.2. The molecule has 0 amide bonds. The van der Waals surface area contributed by atoms with Crippen LogP contribution in [0.25, 0.3) is 0 Å². The van der Waals surface area contributed by atoms with Gasteiger partial charge < -0.3 is 5.32 Å². The standard InChI is InChI=1S/C12H9BrClFN2/c13-10-2-1-9(5-12(10)15)17-6-8-3-4-16-7-11(8)14/h1-5,7,17H,6H2. The average Bonchev–Trinajstić information content (AvgIpc) is 2.32. The first-order valence-corrected chi connectivity index (χ1v) is 6.11. The third kappa shape index (κ3) is 3.17. The smallest absolute Gasteiger partial charge is 0.139 e. The first kappa shape index (κ1) is 12.3. The minimum absolute atomic E-state index is 0.296. The molecule has 5 heteroatoms. The predicted octanol–water partition coefficient (Wildman–Crippen LogP) is 4.25. The number of benzene rings is 1. The molecule has 0 saturated carbocycles. The number of aromatic nitrogens is 1. The fourth-order valence-corrected chi connectivity index (χ4v) is 1.78. The van der Waals surface area contributed by atoms with Crippen LogP contribution in [-0.2, 0) is 6.54 Å². The summed E-state index contributed by atoms with van der Waals surface area (Å²) in [5.41, 5.74) is 1.63. The van der Waals surface area contributed by atoms with Crippen LogP contribution in [0.15, 0.2) is 41.1 Å². The number of hydrogen-bond acceptors (Lipinski definition) is 2. The molecule has 0 fully saturated rings. The quantitative estimate of drug-likeness (QED) is 0.916. The Labute approximate surface area is 112 Å². The second kappa shape index (κ2) is 5.47. The number of pyridine rings is 1. The van der Waals surface area contributed by atoms with E-state index in [9.17, 15) is 4.39 Å². The minimum Gasteiger partial charge on any atom is -0.381 e. The Morgan fingerprint density at radius 3 is 2.88 bits per heavy atom. The summed E-state index contributed by atoms with van der Waals surface area (Å²) in [5.74, 6) is -0.296. The lowest BCUT2D eigenvalue weighted by Crippen LogP contribution is -2.00. The third-order valence-electron chi connectivity index (χ3n) is 2.26. The van der Waals surface area contributed by atoms with Gasteiger partial charge >= 0.3 is 0 Å². The summed E-state index contributed by atoms with van der Waals surface area (Å²) in [6.45, 7) is 0.530. The number of halogens is 3. The van der Waals surface area contributed by atoms with Gasteiger partial charge in [-0.15, -0.1) is 0 Å². The molecule has 0 spiro atoms. The lowest BCUT2D eigenvalue weighted by molar-refractivity contribution is 0.621. The maximum Gasteiger partial charge on any atom is 0.139 e. The van der Waals surface area contributed by atoms with E-state index >= 15 is 0 Å². The Morgan fingerprint density at radius 2 is 2.18 bits per heavy atom. The molecule has 17 heavy (non-hydrogen) atoms. The SMILES string of the molecule is Fc1cc(NCc2ccncc2Cl)ccc1Br. The molecule has 1 aromatic heterocycles. The van der Waals surface area contributed by atoms with Crippen LogP contribution in [0.4, 0.5) is 10.1 Å². The number of rotatable bonds is 3. The first-order valence-electron chi connectivity index (χ1n) is 4.94. The summed E-state index contributed by atoms with van der Waals surface area (Å²) in [4.78, 5) is 3.90. The van der Waals surface area contributed by atoms with Crippen LogP contribution >= 0.6 is 27.5 Å². The van der Waals surface area contributed by atoms with Crippen molar-refractivity contribution in [3.63, 3.8) is 0 Å². The van der Waals surface area contributed by atoms with E-state index in [1.54, 1.807) is 24.5 Å². The van der Waals surface area contributed by atoms with Crippen LogP contribution in [0, 0.1) is 5.82 Å². The van der Waals surface area contributed by atoms with Crippen LogP contribution in [0.2, 0.25) is 5.02 Å². The molecule has 88 valence electrons. The number of nitrogens with one attached hydrogen (secondary N) is 1. The normalized spacial score (nSPS) is 10.3. The average molecular weight is 316 g/mol. The fraction of sp³-hybridized carbons (Fsp3) is 0.0833. The zero-order valence-corrected chi connectivity index (χ0v) is 11.1. The van der Waals surface area contributed by atoms with Gasteiger partial charge in [-0.25, -0.2) is 4.39 Å². The molecule has 0 bridgehead atoms. The van der Waals surface area contributed by atoms with Gasteiger partial charge in [-0.1, -0.05) is 11.6 Å². The van der Waals surface area contributed by atoms with Crippen molar-refractivity contribution in [2.24, 2.45) is 0 Å². The Balaban J connectivity index is 2.08. The van der Waals surface area contributed by atoms with E-state index in [0.29, 0.717) is 21.7 Å². The maximum atomic E-state index is 13.3. The van der Waals surface area contributed by atoms with Gasteiger partial charge in [0.05, 0.1) is 9.50 Å². The monoisotopic (exact) mass is 314 g/mol. The highest BCUT2D eigenvalue weighted by atomic mass is 79.9. The zero-order valence-electron chi connectivity index (χ0n) is 8.75. The van der Waals surface area contributed by atoms with Crippen LogP contribution in [-0.4, -0.2) is 4.98 Å². The van der Waals surface area contributed by atoms with Gasteiger partial charge in [0, 0.05) is 24.6 Å². The topological polar surface area (TPSA) is 24.9 Å². The van der Waals surface area contributed by atoms with E-state index in [2.05, 4.69) is 26.2 Å². The molecule has 0 unspecified atom stereocenters. The van der Waals surface area contributed by atoms with Crippen molar-refractivity contribution >= 4 is 33.2 Å². The highest BCUT2D eigenvalue weighted by Crippen LogP contribution is 2.21. The van der Waals surface area contributed by atoms with Gasteiger partial charge in [0.15, 0.2) is 0 Å². The van der Waals surface area contributed by atoms with Crippen molar-refractivity contribution < 1.29 is 4.39 Å². The van der Waals surface area contributed by atoms with Crippen molar-refractivity contribution in [2.45, 2.75) is 6.54 Å². The van der Waals surface area contributed by atoms with Crippen molar-refractivity contribution in [1.82, 2.24) is 4.98 Å². The molecule has 0 atom stereocenters. The molecular formula is C12H9BrClFN2. The summed E-state index contributed by atoms with van der Waals surface area (Å²) < 4.78 is 13.7. The fourth-order valence-electron chi connectivity index (χ4n) is 1.35.